The van der Waals surface area contributed by atoms with Crippen LogP contribution in [-0.4, -0.2) is 22.4 Å². The Kier molecular flexibility index (Phi) is 4.71. The number of carbonyl (C=O) groups excluding carboxylic acids is 1. The topological polar surface area (TPSA) is 81.9 Å². The van der Waals surface area contributed by atoms with Gasteiger partial charge in [0.1, 0.15) is 5.82 Å². The Labute approximate surface area is 141 Å². The highest BCUT2D eigenvalue weighted by Crippen LogP contribution is 2.23. The van der Waals surface area contributed by atoms with Crippen LogP contribution in [0.4, 0.5) is 17.5 Å². The number of aromatic nitrogens is 2. The number of nitrogens with one attached hydrogen (secondary N) is 1. The van der Waals surface area contributed by atoms with Crippen molar-refractivity contribution in [3.63, 3.8) is 0 Å². The van der Waals surface area contributed by atoms with Crippen LogP contribution in [-0.2, 0) is 11.2 Å². The van der Waals surface area contributed by atoms with Crippen LogP contribution in [0.15, 0.2) is 30.3 Å². The molecule has 0 unspecified atom stereocenters. The standard InChI is InChI=1S/C18H19N5O/c1-2-5-14-11-16(23-9-4-8-17(23)24)22-18(20-14)21-15-7-3-6-13(10-15)12-19/h3,6-7,10-11H,2,4-5,8-9H2,1H3,(H,20,21,22). The van der Waals surface area contributed by atoms with Gasteiger partial charge in [-0.2, -0.15) is 10.2 Å². The zero-order valence-electron chi connectivity index (χ0n) is 13.6. The molecule has 2 heterocycles. The van der Waals surface area contributed by atoms with Crippen molar-refractivity contribution in [2.45, 2.75) is 32.6 Å². The molecular formula is C18H19N5O. The third kappa shape index (κ3) is 3.51. The quantitative estimate of drug-likeness (QED) is 0.914. The van der Waals surface area contributed by atoms with Crippen LogP contribution in [0.2, 0.25) is 0 Å². The third-order valence-corrected chi connectivity index (χ3v) is 3.87. The van der Waals surface area contributed by atoms with Crippen LogP contribution in [0.5, 0.6) is 0 Å². The van der Waals surface area contributed by atoms with Gasteiger partial charge in [-0.15, -0.1) is 0 Å². The summed E-state index contributed by atoms with van der Waals surface area (Å²) < 4.78 is 0. The fourth-order valence-corrected chi connectivity index (χ4v) is 2.75. The molecule has 0 aliphatic carbocycles. The summed E-state index contributed by atoms with van der Waals surface area (Å²) in [5.41, 5.74) is 2.22. The van der Waals surface area contributed by atoms with Crippen molar-refractivity contribution < 1.29 is 4.79 Å². The third-order valence-electron chi connectivity index (χ3n) is 3.87. The van der Waals surface area contributed by atoms with Gasteiger partial charge in [-0.3, -0.25) is 9.69 Å². The lowest BCUT2D eigenvalue weighted by Gasteiger charge is -2.17. The number of nitriles is 1. The minimum atomic E-state index is 0.105. The van der Waals surface area contributed by atoms with Crippen molar-refractivity contribution in [2.24, 2.45) is 0 Å². The molecule has 1 aliphatic heterocycles. The Morgan fingerprint density at radius 1 is 1.33 bits per heavy atom. The molecule has 2 aromatic rings. The molecule has 1 aromatic heterocycles. The summed E-state index contributed by atoms with van der Waals surface area (Å²) in [6.07, 6.45) is 3.22. The van der Waals surface area contributed by atoms with E-state index >= 15 is 0 Å². The molecule has 6 heteroatoms. The number of rotatable bonds is 5. The number of anilines is 3. The van der Waals surface area contributed by atoms with Gasteiger partial charge in [0.2, 0.25) is 11.9 Å². The van der Waals surface area contributed by atoms with E-state index in [0.717, 1.165) is 30.6 Å². The maximum atomic E-state index is 12.0. The highest BCUT2D eigenvalue weighted by Gasteiger charge is 2.23. The lowest BCUT2D eigenvalue weighted by Crippen LogP contribution is -2.25. The molecule has 1 fully saturated rings. The maximum Gasteiger partial charge on any atom is 0.229 e. The van der Waals surface area contributed by atoms with E-state index < -0.39 is 0 Å². The smallest absolute Gasteiger partial charge is 0.229 e. The Bertz CT molecular complexity index is 796. The molecule has 1 aromatic carbocycles. The largest absolute Gasteiger partial charge is 0.324 e. The summed E-state index contributed by atoms with van der Waals surface area (Å²) in [7, 11) is 0. The normalized spacial score (nSPS) is 13.8. The molecule has 6 nitrogen and oxygen atoms in total. The van der Waals surface area contributed by atoms with Gasteiger partial charge in [-0.25, -0.2) is 4.98 Å². The van der Waals surface area contributed by atoms with Crippen molar-refractivity contribution in [2.75, 3.05) is 16.8 Å². The molecule has 3 rings (SSSR count). The first kappa shape index (κ1) is 15.9. The van der Waals surface area contributed by atoms with Gasteiger partial charge in [0.15, 0.2) is 0 Å². The molecule has 122 valence electrons. The van der Waals surface area contributed by atoms with Crippen molar-refractivity contribution in [1.29, 1.82) is 5.26 Å². The number of nitrogens with zero attached hydrogens (tertiary/aromatic N) is 4. The second kappa shape index (κ2) is 7.09. The highest BCUT2D eigenvalue weighted by atomic mass is 16.2. The fourth-order valence-electron chi connectivity index (χ4n) is 2.75. The van der Waals surface area contributed by atoms with Crippen molar-refractivity contribution in [3.8, 4) is 6.07 Å². The Hall–Kier alpha value is -2.94. The molecule has 0 atom stereocenters. The molecule has 24 heavy (non-hydrogen) atoms. The SMILES string of the molecule is CCCc1cc(N2CCCC2=O)nc(Nc2cccc(C#N)c2)n1. The van der Waals surface area contributed by atoms with Gasteiger partial charge in [0.05, 0.1) is 11.6 Å². The number of amides is 1. The molecule has 0 radical (unpaired) electrons. The minimum absolute atomic E-state index is 0.105. The lowest BCUT2D eigenvalue weighted by molar-refractivity contribution is -0.117. The summed E-state index contributed by atoms with van der Waals surface area (Å²) in [5, 5.41) is 12.2. The van der Waals surface area contributed by atoms with Gasteiger partial charge >= 0.3 is 0 Å². The molecule has 0 bridgehead atoms. The minimum Gasteiger partial charge on any atom is -0.324 e. The summed E-state index contributed by atoms with van der Waals surface area (Å²) >= 11 is 0. The molecule has 1 aliphatic rings. The van der Waals surface area contributed by atoms with E-state index in [0.29, 0.717) is 30.3 Å². The van der Waals surface area contributed by atoms with Crippen LogP contribution >= 0.6 is 0 Å². The second-order valence-electron chi connectivity index (χ2n) is 5.76. The van der Waals surface area contributed by atoms with E-state index in [4.69, 9.17) is 5.26 Å². The first-order chi connectivity index (χ1) is 11.7. The molecule has 1 amide bonds. The van der Waals surface area contributed by atoms with Crippen molar-refractivity contribution in [1.82, 2.24) is 9.97 Å². The van der Waals surface area contributed by atoms with Crippen LogP contribution in [0.3, 0.4) is 0 Å². The number of hydrogen-bond donors (Lipinski definition) is 1. The van der Waals surface area contributed by atoms with Crippen LogP contribution in [0.1, 0.15) is 37.4 Å². The summed E-state index contributed by atoms with van der Waals surface area (Å²) in [5.74, 6) is 1.20. The molecule has 0 saturated carbocycles. The lowest BCUT2D eigenvalue weighted by atomic mass is 10.2. The highest BCUT2D eigenvalue weighted by molar-refractivity contribution is 5.94. The van der Waals surface area contributed by atoms with E-state index in [-0.39, 0.29) is 5.91 Å². The number of carbonyl (C=O) groups is 1. The zero-order valence-corrected chi connectivity index (χ0v) is 13.6. The maximum absolute atomic E-state index is 12.0. The Morgan fingerprint density at radius 2 is 2.21 bits per heavy atom. The molecular weight excluding hydrogens is 302 g/mol. The van der Waals surface area contributed by atoms with E-state index in [1.807, 2.05) is 18.2 Å². The number of hydrogen-bond acceptors (Lipinski definition) is 5. The first-order valence-corrected chi connectivity index (χ1v) is 8.15. The second-order valence-corrected chi connectivity index (χ2v) is 5.76. The Morgan fingerprint density at radius 3 is 2.92 bits per heavy atom. The molecule has 1 N–H and O–H groups in total. The summed E-state index contributed by atoms with van der Waals surface area (Å²) in [4.78, 5) is 22.8. The van der Waals surface area contributed by atoms with Crippen LogP contribution in [0.25, 0.3) is 0 Å². The predicted octanol–water partition coefficient (Wildman–Crippen LogP) is 3.17. The molecule has 0 spiro atoms. The van der Waals surface area contributed by atoms with Gasteiger partial charge < -0.3 is 5.32 Å². The Balaban J connectivity index is 1.92. The monoisotopic (exact) mass is 321 g/mol. The first-order valence-electron chi connectivity index (χ1n) is 8.15. The summed E-state index contributed by atoms with van der Waals surface area (Å²) in [6, 6.07) is 11.2. The predicted molar refractivity (Wildman–Crippen MR) is 92.1 cm³/mol. The number of aryl methyl sites for hydroxylation is 1. The summed E-state index contributed by atoms with van der Waals surface area (Å²) in [6.45, 7) is 2.79. The van der Waals surface area contributed by atoms with E-state index in [1.165, 1.54) is 0 Å². The van der Waals surface area contributed by atoms with E-state index in [1.54, 1.807) is 17.0 Å². The molecule has 1 saturated heterocycles. The van der Waals surface area contributed by atoms with E-state index in [9.17, 15) is 4.79 Å². The van der Waals surface area contributed by atoms with Crippen molar-refractivity contribution >= 4 is 23.4 Å². The van der Waals surface area contributed by atoms with E-state index in [2.05, 4.69) is 28.3 Å². The van der Waals surface area contributed by atoms with Gasteiger partial charge in [-0.1, -0.05) is 19.4 Å². The van der Waals surface area contributed by atoms with Crippen molar-refractivity contribution in [3.05, 3.63) is 41.6 Å². The van der Waals surface area contributed by atoms with Crippen LogP contribution in [0, 0.1) is 11.3 Å². The van der Waals surface area contributed by atoms with Gasteiger partial charge in [-0.05, 0) is 31.0 Å². The van der Waals surface area contributed by atoms with Crippen LogP contribution < -0.4 is 10.2 Å². The average molecular weight is 321 g/mol. The van der Waals surface area contributed by atoms with Gasteiger partial charge in [0.25, 0.3) is 0 Å². The average Bonchev–Trinajstić information content (AvgIpc) is 3.01. The fraction of sp³-hybridized carbons (Fsp3) is 0.333. The zero-order chi connectivity index (χ0) is 16.9. The number of benzene rings is 1. The van der Waals surface area contributed by atoms with Gasteiger partial charge in [0, 0.05) is 30.4 Å².